The SMILES string of the molecule is Cc1ccc2c(c1)C=Nc1ccccc1O2. The van der Waals surface area contributed by atoms with Crippen LogP contribution in [0.1, 0.15) is 11.1 Å². The highest BCUT2D eigenvalue weighted by Crippen LogP contribution is 2.35. The van der Waals surface area contributed by atoms with E-state index >= 15 is 0 Å². The summed E-state index contributed by atoms with van der Waals surface area (Å²) in [4.78, 5) is 4.42. The summed E-state index contributed by atoms with van der Waals surface area (Å²) in [6, 6.07) is 13.9. The van der Waals surface area contributed by atoms with Crippen molar-refractivity contribution in [1.82, 2.24) is 0 Å². The number of rotatable bonds is 0. The molecule has 0 aliphatic carbocycles. The Morgan fingerprint density at radius 1 is 1.00 bits per heavy atom. The second-order valence-electron chi connectivity index (χ2n) is 3.87. The van der Waals surface area contributed by atoms with Gasteiger partial charge in [-0.15, -0.1) is 0 Å². The molecule has 2 nitrogen and oxygen atoms in total. The molecule has 2 aromatic carbocycles. The molecule has 0 unspecified atom stereocenters. The number of para-hydroxylation sites is 2. The molecule has 16 heavy (non-hydrogen) atoms. The fourth-order valence-electron chi connectivity index (χ4n) is 1.77. The summed E-state index contributed by atoms with van der Waals surface area (Å²) >= 11 is 0. The topological polar surface area (TPSA) is 21.6 Å². The van der Waals surface area contributed by atoms with Gasteiger partial charge in [0, 0.05) is 11.8 Å². The fourth-order valence-corrected chi connectivity index (χ4v) is 1.77. The van der Waals surface area contributed by atoms with Crippen LogP contribution in [0.3, 0.4) is 0 Å². The number of nitrogens with zero attached hydrogens (tertiary/aromatic N) is 1. The zero-order valence-electron chi connectivity index (χ0n) is 8.97. The van der Waals surface area contributed by atoms with Crippen molar-refractivity contribution in [3.8, 4) is 11.5 Å². The van der Waals surface area contributed by atoms with Crippen LogP contribution in [0, 0.1) is 6.92 Å². The first-order valence-corrected chi connectivity index (χ1v) is 5.24. The van der Waals surface area contributed by atoms with E-state index in [4.69, 9.17) is 4.74 Å². The van der Waals surface area contributed by atoms with Gasteiger partial charge in [0.1, 0.15) is 11.4 Å². The van der Waals surface area contributed by atoms with Crippen LogP contribution in [0.25, 0.3) is 0 Å². The molecule has 1 aliphatic rings. The summed E-state index contributed by atoms with van der Waals surface area (Å²) in [6.07, 6.45) is 1.86. The van der Waals surface area contributed by atoms with Crippen LogP contribution in [-0.2, 0) is 0 Å². The maximum atomic E-state index is 5.83. The first-order valence-electron chi connectivity index (χ1n) is 5.24. The second kappa shape index (κ2) is 3.49. The van der Waals surface area contributed by atoms with Crippen LogP contribution in [0.15, 0.2) is 47.5 Å². The molecule has 0 aromatic heterocycles. The van der Waals surface area contributed by atoms with Crippen LogP contribution in [0.2, 0.25) is 0 Å². The van der Waals surface area contributed by atoms with Crippen molar-refractivity contribution in [2.24, 2.45) is 4.99 Å². The van der Waals surface area contributed by atoms with Crippen molar-refractivity contribution in [3.63, 3.8) is 0 Å². The molecule has 78 valence electrons. The van der Waals surface area contributed by atoms with Crippen LogP contribution in [-0.4, -0.2) is 6.21 Å². The second-order valence-corrected chi connectivity index (χ2v) is 3.87. The van der Waals surface area contributed by atoms with Crippen molar-refractivity contribution in [2.75, 3.05) is 0 Å². The molecule has 0 N–H and O–H groups in total. The first kappa shape index (κ1) is 9.16. The summed E-state index contributed by atoms with van der Waals surface area (Å²) in [5, 5.41) is 0. The lowest BCUT2D eigenvalue weighted by atomic mass is 10.1. The lowest BCUT2D eigenvalue weighted by molar-refractivity contribution is 0.485. The van der Waals surface area contributed by atoms with Gasteiger partial charge in [0.2, 0.25) is 0 Å². The van der Waals surface area contributed by atoms with Gasteiger partial charge in [-0.05, 0) is 31.2 Å². The monoisotopic (exact) mass is 209 g/mol. The third-order valence-corrected chi connectivity index (χ3v) is 2.59. The van der Waals surface area contributed by atoms with Gasteiger partial charge in [-0.3, -0.25) is 4.99 Å². The molecule has 0 radical (unpaired) electrons. The summed E-state index contributed by atoms with van der Waals surface area (Å²) in [7, 11) is 0. The summed E-state index contributed by atoms with van der Waals surface area (Å²) < 4.78 is 5.83. The molecule has 2 heteroatoms. The lowest BCUT2D eigenvalue weighted by Crippen LogP contribution is -1.88. The van der Waals surface area contributed by atoms with Crippen molar-refractivity contribution in [2.45, 2.75) is 6.92 Å². The van der Waals surface area contributed by atoms with Gasteiger partial charge in [0.15, 0.2) is 5.75 Å². The van der Waals surface area contributed by atoms with E-state index in [9.17, 15) is 0 Å². The molecule has 0 bridgehead atoms. The average Bonchev–Trinajstić information content (AvgIpc) is 2.48. The quantitative estimate of drug-likeness (QED) is 0.551. The number of hydrogen-bond acceptors (Lipinski definition) is 2. The molecular weight excluding hydrogens is 198 g/mol. The molecule has 1 aliphatic heterocycles. The number of fused-ring (bicyclic) bond motifs is 2. The normalized spacial score (nSPS) is 12.3. The molecular formula is C14H11NO. The highest BCUT2D eigenvalue weighted by atomic mass is 16.5. The van der Waals surface area contributed by atoms with Crippen molar-refractivity contribution < 1.29 is 4.74 Å². The maximum absolute atomic E-state index is 5.83. The summed E-state index contributed by atoms with van der Waals surface area (Å²) in [6.45, 7) is 2.06. The number of hydrogen-bond donors (Lipinski definition) is 0. The third-order valence-electron chi connectivity index (χ3n) is 2.59. The Bertz CT molecular complexity index is 573. The van der Waals surface area contributed by atoms with E-state index in [2.05, 4.69) is 18.0 Å². The molecule has 0 spiro atoms. The van der Waals surface area contributed by atoms with Gasteiger partial charge >= 0.3 is 0 Å². The van der Waals surface area contributed by atoms with E-state index in [1.165, 1.54) is 5.56 Å². The predicted octanol–water partition coefficient (Wildman–Crippen LogP) is 3.85. The van der Waals surface area contributed by atoms with Gasteiger partial charge < -0.3 is 4.74 Å². The predicted molar refractivity (Wildman–Crippen MR) is 64.9 cm³/mol. The third kappa shape index (κ3) is 1.48. The Labute approximate surface area is 94.2 Å². The molecule has 0 saturated carbocycles. The van der Waals surface area contributed by atoms with E-state index < -0.39 is 0 Å². The molecule has 0 saturated heterocycles. The van der Waals surface area contributed by atoms with E-state index in [0.717, 1.165) is 22.7 Å². The Kier molecular flexibility index (Phi) is 2.00. The zero-order chi connectivity index (χ0) is 11.0. The summed E-state index contributed by atoms with van der Waals surface area (Å²) in [5.74, 6) is 1.67. The lowest BCUT2D eigenvalue weighted by Gasteiger charge is -2.07. The number of aryl methyl sites for hydroxylation is 1. The van der Waals surface area contributed by atoms with Gasteiger partial charge in [-0.2, -0.15) is 0 Å². The van der Waals surface area contributed by atoms with Gasteiger partial charge in [-0.1, -0.05) is 23.8 Å². The van der Waals surface area contributed by atoms with Crippen LogP contribution >= 0.6 is 0 Å². The minimum absolute atomic E-state index is 0.807. The fraction of sp³-hybridized carbons (Fsp3) is 0.0714. The number of aliphatic imine (C=N–C) groups is 1. The zero-order valence-corrected chi connectivity index (χ0v) is 8.97. The minimum atomic E-state index is 0.807. The van der Waals surface area contributed by atoms with Crippen LogP contribution in [0.4, 0.5) is 5.69 Å². The van der Waals surface area contributed by atoms with Crippen molar-refractivity contribution >= 4 is 11.9 Å². The number of benzene rings is 2. The minimum Gasteiger partial charge on any atom is -0.454 e. The summed E-state index contributed by atoms with van der Waals surface area (Å²) in [5.41, 5.74) is 3.10. The van der Waals surface area contributed by atoms with Crippen LogP contribution < -0.4 is 4.74 Å². The van der Waals surface area contributed by atoms with Crippen molar-refractivity contribution in [1.29, 1.82) is 0 Å². The highest BCUT2D eigenvalue weighted by Gasteiger charge is 2.10. The molecule has 0 fully saturated rings. The molecule has 0 atom stereocenters. The van der Waals surface area contributed by atoms with Gasteiger partial charge in [0.05, 0.1) is 0 Å². The highest BCUT2D eigenvalue weighted by molar-refractivity contribution is 5.87. The molecule has 3 rings (SSSR count). The molecule has 2 aromatic rings. The van der Waals surface area contributed by atoms with E-state index in [0.29, 0.717) is 0 Å². The Morgan fingerprint density at radius 3 is 2.81 bits per heavy atom. The number of ether oxygens (including phenoxy) is 1. The van der Waals surface area contributed by atoms with Gasteiger partial charge in [0.25, 0.3) is 0 Å². The Hall–Kier alpha value is -2.09. The van der Waals surface area contributed by atoms with E-state index in [1.54, 1.807) is 0 Å². The largest absolute Gasteiger partial charge is 0.454 e. The first-order chi connectivity index (χ1) is 7.83. The maximum Gasteiger partial charge on any atom is 0.153 e. The Balaban J connectivity index is 2.17. The van der Waals surface area contributed by atoms with Crippen molar-refractivity contribution in [3.05, 3.63) is 53.6 Å². The van der Waals surface area contributed by atoms with E-state index in [1.807, 2.05) is 42.6 Å². The van der Waals surface area contributed by atoms with Gasteiger partial charge in [-0.25, -0.2) is 0 Å². The molecule has 1 heterocycles. The smallest absolute Gasteiger partial charge is 0.153 e. The van der Waals surface area contributed by atoms with Crippen LogP contribution in [0.5, 0.6) is 11.5 Å². The van der Waals surface area contributed by atoms with E-state index in [-0.39, 0.29) is 0 Å². The average molecular weight is 209 g/mol. The molecule has 0 amide bonds. The standard InChI is InChI=1S/C14H11NO/c1-10-6-7-13-11(8-10)9-15-12-4-2-3-5-14(12)16-13/h2-9H,1H3. The Morgan fingerprint density at radius 2 is 1.88 bits per heavy atom.